The predicted octanol–water partition coefficient (Wildman–Crippen LogP) is 2.13. The van der Waals surface area contributed by atoms with Crippen molar-refractivity contribution in [1.29, 1.82) is 0 Å². The number of rotatable bonds is 6. The third-order valence-electron chi connectivity index (χ3n) is 2.62. The Morgan fingerprint density at radius 3 is 2.42 bits per heavy atom. The molecule has 0 aliphatic heterocycles. The number of hydrogen-bond donors (Lipinski definition) is 0. The molecule has 104 valence electrons. The van der Waals surface area contributed by atoms with Crippen LogP contribution in [0.2, 0.25) is 0 Å². The summed E-state index contributed by atoms with van der Waals surface area (Å²) in [6.45, 7) is 4.16. The minimum absolute atomic E-state index is 0.131. The highest BCUT2D eigenvalue weighted by Gasteiger charge is 2.12. The summed E-state index contributed by atoms with van der Waals surface area (Å²) in [5.74, 6) is -0.772. The van der Waals surface area contributed by atoms with Gasteiger partial charge in [0.1, 0.15) is 5.82 Å². The van der Waals surface area contributed by atoms with Crippen molar-refractivity contribution in [1.82, 2.24) is 4.90 Å². The van der Waals surface area contributed by atoms with E-state index in [9.17, 15) is 14.0 Å². The largest absolute Gasteiger partial charge is 0.466 e. The zero-order valence-corrected chi connectivity index (χ0v) is 11.2. The minimum atomic E-state index is -0.326. The molecule has 1 aromatic carbocycles. The van der Waals surface area contributed by atoms with Crippen molar-refractivity contribution in [2.75, 3.05) is 13.2 Å². The first-order chi connectivity index (χ1) is 9.02. The van der Waals surface area contributed by atoms with Crippen molar-refractivity contribution in [3.63, 3.8) is 0 Å². The van der Waals surface area contributed by atoms with Crippen LogP contribution in [0.4, 0.5) is 4.39 Å². The molecule has 0 N–H and O–H groups in total. The summed E-state index contributed by atoms with van der Waals surface area (Å²) in [7, 11) is 0. The van der Waals surface area contributed by atoms with E-state index in [2.05, 4.69) is 0 Å². The fourth-order valence-corrected chi connectivity index (χ4v) is 1.62. The first kappa shape index (κ1) is 15.1. The van der Waals surface area contributed by atoms with E-state index in [4.69, 9.17) is 4.74 Å². The molecule has 0 saturated carbocycles. The van der Waals surface area contributed by atoms with Crippen LogP contribution in [0.5, 0.6) is 0 Å². The first-order valence-corrected chi connectivity index (χ1v) is 6.18. The summed E-state index contributed by atoms with van der Waals surface area (Å²) < 4.78 is 17.6. The quantitative estimate of drug-likeness (QED) is 0.742. The second-order valence-corrected chi connectivity index (χ2v) is 4.12. The highest BCUT2D eigenvalue weighted by atomic mass is 19.1. The first-order valence-electron chi connectivity index (χ1n) is 6.18. The Hall–Kier alpha value is -1.91. The lowest BCUT2D eigenvalue weighted by molar-refractivity contribution is -0.144. The van der Waals surface area contributed by atoms with Crippen molar-refractivity contribution in [3.8, 4) is 0 Å². The lowest BCUT2D eigenvalue weighted by atomic mass is 10.2. The number of amides is 1. The van der Waals surface area contributed by atoms with Gasteiger partial charge in [-0.3, -0.25) is 9.59 Å². The van der Waals surface area contributed by atoms with Gasteiger partial charge in [-0.05, 0) is 24.6 Å². The molecule has 0 atom stereocenters. The van der Waals surface area contributed by atoms with Crippen LogP contribution >= 0.6 is 0 Å². The molecule has 0 bridgehead atoms. The standard InChI is InChI=1S/C14H18FNO3/c1-3-19-14(18)8-9-16(11(2)17)10-12-4-6-13(15)7-5-12/h4-7H,3,8-10H2,1-2H3. The average Bonchev–Trinajstić information content (AvgIpc) is 2.36. The molecule has 0 fully saturated rings. The summed E-state index contributed by atoms with van der Waals surface area (Å²) in [6, 6.07) is 5.93. The van der Waals surface area contributed by atoms with Crippen molar-refractivity contribution in [2.24, 2.45) is 0 Å². The van der Waals surface area contributed by atoms with E-state index in [1.54, 1.807) is 19.1 Å². The lowest BCUT2D eigenvalue weighted by Gasteiger charge is -2.20. The number of hydrogen-bond acceptors (Lipinski definition) is 3. The van der Waals surface area contributed by atoms with E-state index in [1.807, 2.05) is 0 Å². The molecule has 0 aliphatic rings. The Balaban J connectivity index is 2.55. The van der Waals surface area contributed by atoms with Gasteiger partial charge in [0.2, 0.25) is 5.91 Å². The van der Waals surface area contributed by atoms with Crippen molar-refractivity contribution < 1.29 is 18.7 Å². The van der Waals surface area contributed by atoms with Gasteiger partial charge in [0.25, 0.3) is 0 Å². The Kier molecular flexibility index (Phi) is 5.99. The highest BCUT2D eigenvalue weighted by Crippen LogP contribution is 2.07. The molecule has 0 radical (unpaired) electrons. The predicted molar refractivity (Wildman–Crippen MR) is 68.7 cm³/mol. The molecule has 5 heteroatoms. The minimum Gasteiger partial charge on any atom is -0.466 e. The highest BCUT2D eigenvalue weighted by molar-refractivity contribution is 5.75. The van der Waals surface area contributed by atoms with E-state index >= 15 is 0 Å². The summed E-state index contributed by atoms with van der Waals surface area (Å²) in [6.07, 6.45) is 0.161. The van der Waals surface area contributed by atoms with Gasteiger partial charge in [0.15, 0.2) is 0 Å². The van der Waals surface area contributed by atoms with E-state index in [1.165, 1.54) is 24.0 Å². The van der Waals surface area contributed by atoms with Gasteiger partial charge in [-0.2, -0.15) is 0 Å². The smallest absolute Gasteiger partial charge is 0.307 e. The van der Waals surface area contributed by atoms with Gasteiger partial charge >= 0.3 is 5.97 Å². The van der Waals surface area contributed by atoms with Crippen LogP contribution < -0.4 is 0 Å². The van der Waals surface area contributed by atoms with Crippen LogP contribution in [-0.4, -0.2) is 29.9 Å². The van der Waals surface area contributed by atoms with Gasteiger partial charge in [-0.15, -0.1) is 0 Å². The SMILES string of the molecule is CCOC(=O)CCN(Cc1ccc(F)cc1)C(C)=O. The molecule has 0 aromatic heterocycles. The average molecular weight is 267 g/mol. The number of carbonyl (C=O) groups is 2. The molecule has 19 heavy (non-hydrogen) atoms. The van der Waals surface area contributed by atoms with Crippen molar-refractivity contribution in [2.45, 2.75) is 26.8 Å². The zero-order chi connectivity index (χ0) is 14.3. The number of ether oxygens (including phenoxy) is 1. The third-order valence-corrected chi connectivity index (χ3v) is 2.62. The summed E-state index contributed by atoms with van der Waals surface area (Å²) >= 11 is 0. The molecular weight excluding hydrogens is 249 g/mol. The summed E-state index contributed by atoms with van der Waals surface area (Å²) in [5, 5.41) is 0. The Labute approximate surface area is 112 Å². The van der Waals surface area contributed by atoms with Crippen molar-refractivity contribution >= 4 is 11.9 Å². The van der Waals surface area contributed by atoms with Crippen molar-refractivity contribution in [3.05, 3.63) is 35.6 Å². The second-order valence-electron chi connectivity index (χ2n) is 4.12. The summed E-state index contributed by atoms with van der Waals surface area (Å²) in [4.78, 5) is 24.3. The molecule has 0 unspecified atom stereocenters. The van der Waals surface area contributed by atoms with Gasteiger partial charge in [0, 0.05) is 20.0 Å². The number of carbonyl (C=O) groups excluding carboxylic acids is 2. The Morgan fingerprint density at radius 2 is 1.89 bits per heavy atom. The molecule has 1 aromatic rings. The zero-order valence-electron chi connectivity index (χ0n) is 11.2. The maximum atomic E-state index is 12.8. The molecule has 4 nitrogen and oxygen atoms in total. The van der Waals surface area contributed by atoms with Crippen LogP contribution in [0.25, 0.3) is 0 Å². The van der Waals surface area contributed by atoms with Crippen LogP contribution in [0.15, 0.2) is 24.3 Å². The molecular formula is C14H18FNO3. The number of nitrogens with zero attached hydrogens (tertiary/aromatic N) is 1. The topological polar surface area (TPSA) is 46.6 Å². The molecule has 0 aliphatic carbocycles. The second kappa shape index (κ2) is 7.51. The molecule has 0 saturated heterocycles. The molecule has 0 spiro atoms. The van der Waals surface area contributed by atoms with E-state index in [0.717, 1.165) is 5.56 Å². The fourth-order valence-electron chi connectivity index (χ4n) is 1.62. The van der Waals surface area contributed by atoms with E-state index in [0.29, 0.717) is 19.7 Å². The number of halogens is 1. The summed E-state index contributed by atoms with van der Waals surface area (Å²) in [5.41, 5.74) is 0.820. The van der Waals surface area contributed by atoms with Crippen LogP contribution in [0, 0.1) is 5.82 Å². The van der Waals surface area contributed by atoms with Gasteiger partial charge < -0.3 is 9.64 Å². The molecule has 1 rings (SSSR count). The monoisotopic (exact) mass is 267 g/mol. The van der Waals surface area contributed by atoms with Crippen LogP contribution in [0.1, 0.15) is 25.8 Å². The van der Waals surface area contributed by atoms with Gasteiger partial charge in [-0.1, -0.05) is 12.1 Å². The Morgan fingerprint density at radius 1 is 1.26 bits per heavy atom. The van der Waals surface area contributed by atoms with E-state index in [-0.39, 0.29) is 24.1 Å². The maximum Gasteiger partial charge on any atom is 0.307 e. The maximum absolute atomic E-state index is 12.8. The normalized spacial score (nSPS) is 10.1. The van der Waals surface area contributed by atoms with E-state index < -0.39 is 0 Å². The third kappa shape index (κ3) is 5.50. The lowest BCUT2D eigenvalue weighted by Crippen LogP contribution is -2.30. The fraction of sp³-hybridized carbons (Fsp3) is 0.429. The van der Waals surface area contributed by atoms with Crippen LogP contribution in [0.3, 0.4) is 0 Å². The number of benzene rings is 1. The molecule has 0 heterocycles. The molecule has 1 amide bonds. The van der Waals surface area contributed by atoms with Gasteiger partial charge in [0.05, 0.1) is 13.0 Å². The van der Waals surface area contributed by atoms with Gasteiger partial charge in [-0.25, -0.2) is 4.39 Å². The van der Waals surface area contributed by atoms with Crippen LogP contribution in [-0.2, 0) is 20.9 Å². The number of esters is 1. The Bertz CT molecular complexity index is 431.